The lowest BCUT2D eigenvalue weighted by Gasteiger charge is -2.17. The van der Waals surface area contributed by atoms with Gasteiger partial charge in [-0.3, -0.25) is 10.2 Å². The molecular formula is C14H32N6O2. The van der Waals surface area contributed by atoms with Gasteiger partial charge in [0.15, 0.2) is 0 Å². The van der Waals surface area contributed by atoms with Gasteiger partial charge in [-0.1, -0.05) is 45.2 Å². The Bertz CT molecular complexity index is 322. The van der Waals surface area contributed by atoms with Crippen LogP contribution in [0.25, 0.3) is 0 Å². The molecule has 130 valence electrons. The van der Waals surface area contributed by atoms with E-state index in [-0.39, 0.29) is 11.9 Å². The van der Waals surface area contributed by atoms with Crippen LogP contribution < -0.4 is 16.9 Å². The molecule has 0 aromatic rings. The van der Waals surface area contributed by atoms with Crippen molar-refractivity contribution in [2.45, 2.75) is 59.3 Å². The van der Waals surface area contributed by atoms with Crippen LogP contribution in [0.1, 0.15) is 59.3 Å². The lowest BCUT2D eigenvalue weighted by molar-refractivity contribution is -0.103. The molecule has 22 heavy (non-hydrogen) atoms. The number of guanidine groups is 2. The zero-order valence-electron chi connectivity index (χ0n) is 14.1. The first-order valence-corrected chi connectivity index (χ1v) is 7.96. The molecule has 8 heteroatoms. The molecule has 0 aliphatic carbocycles. The van der Waals surface area contributed by atoms with Crippen LogP contribution >= 0.6 is 0 Å². The van der Waals surface area contributed by atoms with E-state index in [4.69, 9.17) is 26.6 Å². The standard InChI is InChI=1S/C14H32N6O2/c1-4-5-6-7-11-22-20(13(15)16)18-14(17)19-21-10-8-9-12(2)3/h12H,4-11H2,1-3H3,(H3,15,16)(H3,17,18,19). The van der Waals surface area contributed by atoms with E-state index in [9.17, 15) is 0 Å². The Hall–Kier alpha value is -1.54. The van der Waals surface area contributed by atoms with Crippen LogP contribution in [0.3, 0.4) is 0 Å². The Kier molecular flexibility index (Phi) is 12.2. The average molecular weight is 316 g/mol. The van der Waals surface area contributed by atoms with Gasteiger partial charge in [0.05, 0.1) is 13.2 Å². The molecule has 0 rings (SSSR count). The molecule has 0 heterocycles. The van der Waals surface area contributed by atoms with E-state index in [1.54, 1.807) is 0 Å². The predicted octanol–water partition coefficient (Wildman–Crippen LogP) is 1.88. The number of hydroxylamine groups is 2. The van der Waals surface area contributed by atoms with E-state index in [1.165, 1.54) is 0 Å². The van der Waals surface area contributed by atoms with Crippen molar-refractivity contribution in [1.29, 1.82) is 5.41 Å². The Balaban J connectivity index is 3.98. The van der Waals surface area contributed by atoms with E-state index in [0.29, 0.717) is 19.1 Å². The number of nitrogens with two attached hydrogens (primary N) is 2. The Morgan fingerprint density at radius 2 is 1.91 bits per heavy atom. The van der Waals surface area contributed by atoms with Gasteiger partial charge in [-0.2, -0.15) is 0 Å². The highest BCUT2D eigenvalue weighted by atomic mass is 16.7. The summed E-state index contributed by atoms with van der Waals surface area (Å²) in [5.41, 5.74) is 13.5. The maximum absolute atomic E-state index is 7.40. The van der Waals surface area contributed by atoms with Gasteiger partial charge in [-0.05, 0) is 25.2 Å². The summed E-state index contributed by atoms with van der Waals surface area (Å²) in [6.07, 6.45) is 6.27. The van der Waals surface area contributed by atoms with Crippen molar-refractivity contribution in [2.24, 2.45) is 22.5 Å². The highest BCUT2D eigenvalue weighted by molar-refractivity contribution is 5.79. The van der Waals surface area contributed by atoms with Crippen LogP contribution in [0, 0.1) is 11.3 Å². The third-order valence-corrected chi connectivity index (χ3v) is 2.82. The Labute approximate surface area is 133 Å². The highest BCUT2D eigenvalue weighted by Crippen LogP contribution is 2.02. The maximum atomic E-state index is 7.40. The van der Waals surface area contributed by atoms with Crippen molar-refractivity contribution in [2.75, 3.05) is 13.2 Å². The van der Waals surface area contributed by atoms with Crippen molar-refractivity contribution in [1.82, 2.24) is 10.7 Å². The van der Waals surface area contributed by atoms with E-state index >= 15 is 0 Å². The van der Waals surface area contributed by atoms with E-state index in [2.05, 4.69) is 31.4 Å². The lowest BCUT2D eigenvalue weighted by Crippen LogP contribution is -2.39. The fraction of sp³-hybridized carbons (Fsp3) is 0.857. The van der Waals surface area contributed by atoms with Crippen molar-refractivity contribution in [3.63, 3.8) is 0 Å². The molecule has 6 N–H and O–H groups in total. The number of unbranched alkanes of at least 4 members (excludes halogenated alkanes) is 3. The molecule has 0 aromatic carbocycles. The maximum Gasteiger partial charge on any atom is 0.238 e. The first kappa shape index (κ1) is 20.5. The summed E-state index contributed by atoms with van der Waals surface area (Å²) in [6.45, 7) is 7.43. The van der Waals surface area contributed by atoms with Gasteiger partial charge in [0.1, 0.15) is 0 Å². The number of hydrogen-bond acceptors (Lipinski definition) is 4. The number of hydrazone groups is 1. The normalized spacial score (nSPS) is 11.7. The molecule has 0 radical (unpaired) electrons. The molecule has 8 nitrogen and oxygen atoms in total. The molecule has 0 saturated carbocycles. The Morgan fingerprint density at radius 3 is 2.50 bits per heavy atom. The molecule has 0 bridgehead atoms. The largest absolute Gasteiger partial charge is 0.367 e. The smallest absolute Gasteiger partial charge is 0.238 e. The van der Waals surface area contributed by atoms with Crippen molar-refractivity contribution in [3.05, 3.63) is 0 Å². The number of nitrogens with zero attached hydrogens (tertiary/aromatic N) is 2. The van der Waals surface area contributed by atoms with Crippen molar-refractivity contribution < 1.29 is 9.68 Å². The molecule has 0 aromatic heterocycles. The summed E-state index contributed by atoms with van der Waals surface area (Å²) in [7, 11) is 0. The monoisotopic (exact) mass is 316 g/mol. The number of rotatable bonds is 12. The molecule has 0 aliphatic rings. The molecule has 0 atom stereocenters. The van der Waals surface area contributed by atoms with Gasteiger partial charge >= 0.3 is 0 Å². The van der Waals surface area contributed by atoms with E-state index < -0.39 is 0 Å². The van der Waals surface area contributed by atoms with Crippen molar-refractivity contribution >= 4 is 11.9 Å². The number of nitrogens with one attached hydrogen (secondary N) is 2. The minimum absolute atomic E-state index is 0.00620. The van der Waals surface area contributed by atoms with Gasteiger partial charge < -0.3 is 11.5 Å². The summed E-state index contributed by atoms with van der Waals surface area (Å²) >= 11 is 0. The Morgan fingerprint density at radius 1 is 1.18 bits per heavy atom. The second kappa shape index (κ2) is 13.1. The first-order chi connectivity index (χ1) is 10.5. The fourth-order valence-corrected chi connectivity index (χ4v) is 1.64. The van der Waals surface area contributed by atoms with Gasteiger partial charge in [-0.15, -0.1) is 5.10 Å². The third-order valence-electron chi connectivity index (χ3n) is 2.82. The third kappa shape index (κ3) is 12.2. The first-order valence-electron chi connectivity index (χ1n) is 7.96. The molecule has 0 fully saturated rings. The van der Waals surface area contributed by atoms with Crippen LogP contribution in [0.4, 0.5) is 0 Å². The predicted molar refractivity (Wildman–Crippen MR) is 88.6 cm³/mol. The molecule has 0 saturated heterocycles. The zero-order valence-corrected chi connectivity index (χ0v) is 14.1. The molecule has 0 amide bonds. The topological polar surface area (TPSA) is 122 Å². The lowest BCUT2D eigenvalue weighted by atomic mass is 10.1. The molecular weight excluding hydrogens is 284 g/mol. The summed E-state index contributed by atoms with van der Waals surface area (Å²) in [4.78, 5) is 10.5. The summed E-state index contributed by atoms with van der Waals surface area (Å²) in [5.74, 6) is 0.303. The van der Waals surface area contributed by atoms with Crippen LogP contribution in [0.15, 0.2) is 5.10 Å². The zero-order chi connectivity index (χ0) is 16.8. The quantitative estimate of drug-likeness (QED) is 0.189. The van der Waals surface area contributed by atoms with Crippen molar-refractivity contribution in [3.8, 4) is 0 Å². The average Bonchev–Trinajstić information content (AvgIpc) is 2.44. The van der Waals surface area contributed by atoms with Crippen LogP contribution in [0.2, 0.25) is 0 Å². The fourth-order valence-electron chi connectivity index (χ4n) is 1.64. The van der Waals surface area contributed by atoms with Crippen LogP contribution in [-0.2, 0) is 9.68 Å². The SMILES string of the molecule is CCCCCCON(N=C(N)NOCCCC(C)C)C(=N)N. The van der Waals surface area contributed by atoms with Crippen LogP contribution in [-0.4, -0.2) is 30.3 Å². The van der Waals surface area contributed by atoms with Gasteiger partial charge in [0, 0.05) is 0 Å². The number of hydrogen-bond donors (Lipinski definition) is 4. The molecule has 0 unspecified atom stereocenters. The highest BCUT2D eigenvalue weighted by Gasteiger charge is 2.07. The molecule has 0 spiro atoms. The second-order valence-corrected chi connectivity index (χ2v) is 5.52. The van der Waals surface area contributed by atoms with Gasteiger partial charge in [0.25, 0.3) is 0 Å². The minimum Gasteiger partial charge on any atom is -0.367 e. The summed E-state index contributed by atoms with van der Waals surface area (Å²) in [5, 5.41) is 12.1. The van der Waals surface area contributed by atoms with E-state index in [0.717, 1.165) is 43.7 Å². The molecule has 0 aliphatic heterocycles. The van der Waals surface area contributed by atoms with Gasteiger partial charge in [-0.25, -0.2) is 10.3 Å². The minimum atomic E-state index is -0.333. The van der Waals surface area contributed by atoms with Gasteiger partial charge in [0.2, 0.25) is 11.9 Å². The van der Waals surface area contributed by atoms with Crippen LogP contribution in [0.5, 0.6) is 0 Å². The van der Waals surface area contributed by atoms with E-state index in [1.807, 2.05) is 0 Å². The summed E-state index contributed by atoms with van der Waals surface area (Å²) < 4.78 is 0. The summed E-state index contributed by atoms with van der Waals surface area (Å²) in [6, 6.07) is 0. The second-order valence-electron chi connectivity index (χ2n) is 5.52.